The van der Waals surface area contributed by atoms with Gasteiger partial charge in [-0.15, -0.1) is 0 Å². The number of nitrogens with two attached hydrogens (primary N) is 1. The van der Waals surface area contributed by atoms with Gasteiger partial charge >= 0.3 is 5.97 Å². The molecule has 0 fully saturated rings. The zero-order valence-electron chi connectivity index (χ0n) is 18.1. The highest BCUT2D eigenvalue weighted by Gasteiger charge is 2.14. The molecule has 2 aromatic carbocycles. The van der Waals surface area contributed by atoms with E-state index < -0.39 is 12.0 Å². The standard InChI is InChI=1S/C13H16N2O2.C11H12N2O2/c1-9(16)14-6-5-10-8-15-13-4-3-11(17-2)7-12(10)13;12-9(11(14)15)5-7-6-13-10-4-2-1-3-8(7)10/h3-4,7-8,15H,5-6H2,1-2H3,(H,14,16);1-4,6,9,13H,5,12H2,(H,14,15)/t;9-/m.0/s1. The van der Waals surface area contributed by atoms with Gasteiger partial charge in [0.1, 0.15) is 11.8 Å². The molecule has 0 saturated heterocycles. The number of para-hydroxylation sites is 1. The van der Waals surface area contributed by atoms with Gasteiger partial charge in [-0.1, -0.05) is 18.2 Å². The molecule has 0 aliphatic carbocycles. The molecular formula is C24H28N4O4. The third-order valence-electron chi connectivity index (χ3n) is 5.17. The van der Waals surface area contributed by atoms with Crippen molar-refractivity contribution in [1.82, 2.24) is 15.3 Å². The van der Waals surface area contributed by atoms with Gasteiger partial charge in [0.25, 0.3) is 0 Å². The molecule has 6 N–H and O–H groups in total. The van der Waals surface area contributed by atoms with Gasteiger partial charge in [0.05, 0.1) is 7.11 Å². The Labute approximate surface area is 185 Å². The molecule has 1 atom stereocenters. The van der Waals surface area contributed by atoms with Gasteiger partial charge in [-0.3, -0.25) is 9.59 Å². The predicted octanol–water partition coefficient (Wildman–Crippen LogP) is 2.98. The number of aliphatic carboxylic acids is 1. The second kappa shape index (κ2) is 10.5. The first-order chi connectivity index (χ1) is 15.4. The number of aromatic amines is 2. The van der Waals surface area contributed by atoms with Crippen LogP contribution in [0.15, 0.2) is 54.9 Å². The Morgan fingerprint density at radius 3 is 2.44 bits per heavy atom. The third kappa shape index (κ3) is 5.67. The molecule has 1 amide bonds. The number of ether oxygens (including phenoxy) is 1. The van der Waals surface area contributed by atoms with Crippen LogP contribution in [-0.2, 0) is 22.4 Å². The molecular weight excluding hydrogens is 408 g/mol. The summed E-state index contributed by atoms with van der Waals surface area (Å²) in [6.07, 6.45) is 4.95. The lowest BCUT2D eigenvalue weighted by Gasteiger charge is -2.04. The maximum Gasteiger partial charge on any atom is 0.320 e. The number of benzene rings is 2. The molecule has 2 aromatic heterocycles. The molecule has 0 aliphatic rings. The highest BCUT2D eigenvalue weighted by molar-refractivity contribution is 5.85. The Morgan fingerprint density at radius 2 is 1.75 bits per heavy atom. The van der Waals surface area contributed by atoms with Crippen LogP contribution in [0.25, 0.3) is 21.8 Å². The molecule has 0 bridgehead atoms. The van der Waals surface area contributed by atoms with Crippen molar-refractivity contribution in [1.29, 1.82) is 0 Å². The molecule has 0 aliphatic heterocycles. The Morgan fingerprint density at radius 1 is 1.06 bits per heavy atom. The number of carbonyl (C=O) groups excluding carboxylic acids is 1. The smallest absolute Gasteiger partial charge is 0.320 e. The number of methoxy groups -OCH3 is 1. The number of amides is 1. The number of carboxylic acids is 1. The average Bonchev–Trinajstić information content (AvgIpc) is 3.38. The van der Waals surface area contributed by atoms with Crippen LogP contribution < -0.4 is 15.8 Å². The summed E-state index contributed by atoms with van der Waals surface area (Å²) >= 11 is 0. The van der Waals surface area contributed by atoms with Crippen molar-refractivity contribution < 1.29 is 19.4 Å². The van der Waals surface area contributed by atoms with Crippen molar-refractivity contribution in [2.24, 2.45) is 5.73 Å². The van der Waals surface area contributed by atoms with Crippen molar-refractivity contribution in [2.45, 2.75) is 25.8 Å². The summed E-state index contributed by atoms with van der Waals surface area (Å²) < 4.78 is 5.21. The van der Waals surface area contributed by atoms with E-state index in [1.807, 2.05) is 54.9 Å². The van der Waals surface area contributed by atoms with E-state index in [9.17, 15) is 9.59 Å². The Kier molecular flexibility index (Phi) is 7.51. The van der Waals surface area contributed by atoms with Crippen LogP contribution in [0, 0.1) is 0 Å². The maximum absolute atomic E-state index is 10.8. The second-order valence-electron chi connectivity index (χ2n) is 7.47. The average molecular weight is 437 g/mol. The molecule has 4 aromatic rings. The second-order valence-corrected chi connectivity index (χ2v) is 7.47. The fourth-order valence-corrected chi connectivity index (χ4v) is 3.49. The molecule has 0 spiro atoms. The fraction of sp³-hybridized carbons (Fsp3) is 0.250. The predicted molar refractivity (Wildman–Crippen MR) is 125 cm³/mol. The lowest BCUT2D eigenvalue weighted by atomic mass is 10.1. The van der Waals surface area contributed by atoms with Crippen LogP contribution in [-0.4, -0.2) is 46.6 Å². The number of aromatic nitrogens is 2. The zero-order valence-corrected chi connectivity index (χ0v) is 18.1. The molecule has 0 radical (unpaired) electrons. The Balaban J connectivity index is 0.000000182. The summed E-state index contributed by atoms with van der Waals surface area (Å²) in [5.74, 6) is -0.124. The highest BCUT2D eigenvalue weighted by atomic mass is 16.5. The van der Waals surface area contributed by atoms with Crippen LogP contribution in [0.1, 0.15) is 18.1 Å². The topological polar surface area (TPSA) is 133 Å². The number of nitrogens with one attached hydrogen (secondary N) is 3. The van der Waals surface area contributed by atoms with Gasteiger partial charge in [0.15, 0.2) is 0 Å². The van der Waals surface area contributed by atoms with E-state index in [-0.39, 0.29) is 5.91 Å². The van der Waals surface area contributed by atoms with Crippen molar-refractivity contribution in [3.8, 4) is 5.75 Å². The van der Waals surface area contributed by atoms with E-state index in [2.05, 4.69) is 15.3 Å². The summed E-state index contributed by atoms with van der Waals surface area (Å²) in [6, 6.07) is 12.8. The van der Waals surface area contributed by atoms with Crippen LogP contribution >= 0.6 is 0 Å². The van der Waals surface area contributed by atoms with E-state index in [4.69, 9.17) is 15.6 Å². The first-order valence-electron chi connectivity index (χ1n) is 10.3. The first-order valence-corrected chi connectivity index (χ1v) is 10.3. The summed E-state index contributed by atoms with van der Waals surface area (Å²) in [6.45, 7) is 2.18. The summed E-state index contributed by atoms with van der Waals surface area (Å²) in [5, 5.41) is 13.7. The quantitative estimate of drug-likeness (QED) is 0.304. The number of hydrogen-bond acceptors (Lipinski definition) is 4. The maximum atomic E-state index is 10.8. The SMILES string of the molecule is COc1ccc2[nH]cc(CCNC(C)=O)c2c1.N[C@@H](Cc1c[nH]c2ccccc12)C(=O)O. The summed E-state index contributed by atoms with van der Waals surface area (Å²) in [5.41, 5.74) is 9.71. The number of H-pyrrole nitrogens is 2. The minimum absolute atomic E-state index is 0.00224. The van der Waals surface area contributed by atoms with Gasteiger partial charge in [-0.2, -0.15) is 0 Å². The zero-order chi connectivity index (χ0) is 23.1. The highest BCUT2D eigenvalue weighted by Crippen LogP contribution is 2.23. The molecule has 0 saturated carbocycles. The summed E-state index contributed by atoms with van der Waals surface area (Å²) in [7, 11) is 1.66. The molecule has 168 valence electrons. The van der Waals surface area contributed by atoms with Gasteiger partial charge in [0, 0.05) is 54.1 Å². The van der Waals surface area contributed by atoms with Gasteiger partial charge in [-0.05, 0) is 41.8 Å². The van der Waals surface area contributed by atoms with Gasteiger partial charge in [-0.25, -0.2) is 0 Å². The molecule has 8 nitrogen and oxygen atoms in total. The van der Waals surface area contributed by atoms with E-state index in [0.29, 0.717) is 13.0 Å². The van der Waals surface area contributed by atoms with Crippen molar-refractivity contribution in [2.75, 3.05) is 13.7 Å². The number of hydrogen-bond donors (Lipinski definition) is 5. The van der Waals surface area contributed by atoms with E-state index >= 15 is 0 Å². The number of carbonyl (C=O) groups is 2. The number of fused-ring (bicyclic) bond motifs is 2. The molecule has 2 heterocycles. The molecule has 4 rings (SSSR count). The lowest BCUT2D eigenvalue weighted by Crippen LogP contribution is -2.32. The van der Waals surface area contributed by atoms with Crippen LogP contribution in [0.2, 0.25) is 0 Å². The lowest BCUT2D eigenvalue weighted by molar-refractivity contribution is -0.138. The van der Waals surface area contributed by atoms with Crippen molar-refractivity contribution >= 4 is 33.7 Å². The number of carboxylic acid groups (broad SMARTS) is 1. The molecule has 8 heteroatoms. The van der Waals surface area contributed by atoms with Crippen molar-refractivity contribution in [3.63, 3.8) is 0 Å². The van der Waals surface area contributed by atoms with Crippen LogP contribution in [0.4, 0.5) is 0 Å². The fourth-order valence-electron chi connectivity index (χ4n) is 3.49. The monoisotopic (exact) mass is 436 g/mol. The molecule has 0 unspecified atom stereocenters. The van der Waals surface area contributed by atoms with Crippen LogP contribution in [0.5, 0.6) is 5.75 Å². The Hall–Kier alpha value is -3.78. The summed E-state index contributed by atoms with van der Waals surface area (Å²) in [4.78, 5) is 27.7. The largest absolute Gasteiger partial charge is 0.497 e. The van der Waals surface area contributed by atoms with Crippen molar-refractivity contribution in [3.05, 3.63) is 66.0 Å². The van der Waals surface area contributed by atoms with Gasteiger partial charge < -0.3 is 30.9 Å². The minimum atomic E-state index is -0.972. The first kappa shape index (κ1) is 22.9. The van der Waals surface area contributed by atoms with Crippen LogP contribution in [0.3, 0.4) is 0 Å². The molecule has 32 heavy (non-hydrogen) atoms. The van der Waals surface area contributed by atoms with Gasteiger partial charge in [0.2, 0.25) is 5.91 Å². The van der Waals surface area contributed by atoms with E-state index in [0.717, 1.165) is 39.5 Å². The normalized spacial score (nSPS) is 11.6. The number of rotatable bonds is 7. The van der Waals surface area contributed by atoms with E-state index in [1.165, 1.54) is 12.5 Å². The minimum Gasteiger partial charge on any atom is -0.497 e. The van der Waals surface area contributed by atoms with E-state index in [1.54, 1.807) is 7.11 Å². The third-order valence-corrected chi connectivity index (χ3v) is 5.17. The Bertz CT molecular complexity index is 1210.